The number of fused-ring (bicyclic) bond motifs is 3. The Morgan fingerprint density at radius 3 is 2.13 bits per heavy atom. The molecular formula is C28H19F2N5O3S. The maximum atomic E-state index is 15.2. The van der Waals surface area contributed by atoms with Crippen molar-refractivity contribution >= 4 is 21.7 Å². The van der Waals surface area contributed by atoms with Crippen LogP contribution in [0.1, 0.15) is 16.4 Å². The number of pyridine rings is 1. The highest BCUT2D eigenvalue weighted by Crippen LogP contribution is 2.47. The van der Waals surface area contributed by atoms with Gasteiger partial charge in [-0.25, -0.2) is 27.8 Å². The van der Waals surface area contributed by atoms with Gasteiger partial charge in [0.25, 0.3) is 0 Å². The summed E-state index contributed by atoms with van der Waals surface area (Å²) in [5, 5.41) is -1.10. The fourth-order valence-corrected chi connectivity index (χ4v) is 6.30. The van der Waals surface area contributed by atoms with Gasteiger partial charge in [-0.1, -0.05) is 48.5 Å². The van der Waals surface area contributed by atoms with Gasteiger partial charge >= 0.3 is 0 Å². The zero-order valence-corrected chi connectivity index (χ0v) is 20.9. The molecule has 194 valence electrons. The Balaban J connectivity index is 1.32. The summed E-state index contributed by atoms with van der Waals surface area (Å²) in [5.41, 5.74) is 8.51. The van der Waals surface area contributed by atoms with Crippen molar-refractivity contribution in [3.8, 4) is 34.0 Å². The van der Waals surface area contributed by atoms with Crippen LogP contribution >= 0.6 is 0 Å². The lowest BCUT2D eigenvalue weighted by Crippen LogP contribution is -2.21. The number of rotatable bonds is 6. The zero-order chi connectivity index (χ0) is 27.1. The van der Waals surface area contributed by atoms with Gasteiger partial charge in [0.1, 0.15) is 5.25 Å². The van der Waals surface area contributed by atoms with E-state index in [0.29, 0.717) is 22.4 Å². The molecule has 0 radical (unpaired) electrons. The molecule has 0 aliphatic heterocycles. The van der Waals surface area contributed by atoms with Crippen LogP contribution in [0.15, 0.2) is 91.3 Å². The second-order valence-corrected chi connectivity index (χ2v) is 10.5. The third-order valence-corrected chi connectivity index (χ3v) is 7.95. The number of nitrogens with two attached hydrogens (primary N) is 1. The van der Waals surface area contributed by atoms with Crippen molar-refractivity contribution in [1.82, 2.24) is 15.0 Å². The summed E-state index contributed by atoms with van der Waals surface area (Å²) in [7, 11) is -4.23. The first-order valence-corrected chi connectivity index (χ1v) is 13.3. The molecule has 0 unspecified atom stereocenters. The van der Waals surface area contributed by atoms with Crippen molar-refractivity contribution < 1.29 is 21.9 Å². The van der Waals surface area contributed by atoms with Gasteiger partial charge in [-0.3, -0.25) is 4.72 Å². The van der Waals surface area contributed by atoms with Gasteiger partial charge in [-0.05, 0) is 52.6 Å². The molecule has 6 rings (SSSR count). The number of ether oxygens (including phenoxy) is 1. The number of halogens is 2. The lowest BCUT2D eigenvalue weighted by atomic mass is 10.1. The molecule has 0 amide bonds. The second kappa shape index (κ2) is 9.44. The highest BCUT2D eigenvalue weighted by Gasteiger charge is 2.38. The van der Waals surface area contributed by atoms with Gasteiger partial charge in [0, 0.05) is 12.4 Å². The number of hydrogen-bond donors (Lipinski definition) is 2. The molecule has 8 nitrogen and oxygen atoms in total. The van der Waals surface area contributed by atoms with E-state index in [1.165, 1.54) is 12.4 Å². The summed E-state index contributed by atoms with van der Waals surface area (Å²) in [6.45, 7) is 0. The SMILES string of the molecule is Nc1nccc(-c2cccnc2Oc2ccc(NS(=O)(=O)C3c4ccccc4-c4ccccc43)c(F)c2F)n1. The van der Waals surface area contributed by atoms with Crippen molar-refractivity contribution in [2.75, 3.05) is 10.5 Å². The van der Waals surface area contributed by atoms with E-state index in [0.717, 1.165) is 23.3 Å². The molecule has 39 heavy (non-hydrogen) atoms. The van der Waals surface area contributed by atoms with Crippen molar-refractivity contribution in [1.29, 1.82) is 0 Å². The van der Waals surface area contributed by atoms with Crippen LogP contribution in [-0.4, -0.2) is 23.4 Å². The number of nitrogens with zero attached hydrogens (tertiary/aromatic N) is 3. The molecule has 1 aliphatic carbocycles. The molecule has 0 saturated carbocycles. The van der Waals surface area contributed by atoms with Gasteiger partial charge in [-0.2, -0.15) is 4.39 Å². The summed E-state index contributed by atoms with van der Waals surface area (Å²) >= 11 is 0. The van der Waals surface area contributed by atoms with Crippen LogP contribution < -0.4 is 15.2 Å². The first kappa shape index (κ1) is 24.4. The van der Waals surface area contributed by atoms with Crippen LogP contribution in [0.5, 0.6) is 11.6 Å². The van der Waals surface area contributed by atoms with Gasteiger partial charge in [0.15, 0.2) is 11.6 Å². The van der Waals surface area contributed by atoms with Crippen LogP contribution in [0.4, 0.5) is 20.4 Å². The Bertz CT molecular complexity index is 1800. The smallest absolute Gasteiger partial charge is 0.244 e. The highest BCUT2D eigenvalue weighted by atomic mass is 32.2. The van der Waals surface area contributed by atoms with E-state index >= 15 is 8.78 Å². The standard InChI is InChI=1S/C28H19F2N5O3S/c29-24-22(35-39(36,37)26-18-8-3-1-6-16(18)17-7-2-4-9-19(17)26)11-12-23(25(24)30)38-27-20(10-5-14-32-27)21-13-15-33-28(31)34-21/h1-15,26,35H,(H2,31,33,34). The minimum atomic E-state index is -4.23. The summed E-state index contributed by atoms with van der Waals surface area (Å²) in [6.07, 6.45) is 2.86. The fraction of sp³-hybridized carbons (Fsp3) is 0.0357. The molecule has 0 bridgehead atoms. The van der Waals surface area contributed by atoms with Crippen LogP contribution in [0, 0.1) is 11.6 Å². The fourth-order valence-electron chi connectivity index (χ4n) is 4.64. The first-order chi connectivity index (χ1) is 18.8. The van der Waals surface area contributed by atoms with E-state index in [2.05, 4.69) is 19.7 Å². The lowest BCUT2D eigenvalue weighted by molar-refractivity contribution is 0.407. The van der Waals surface area contributed by atoms with Gasteiger partial charge in [-0.15, -0.1) is 0 Å². The predicted molar refractivity (Wildman–Crippen MR) is 142 cm³/mol. The van der Waals surface area contributed by atoms with E-state index in [1.807, 2.05) is 24.3 Å². The molecular weight excluding hydrogens is 524 g/mol. The van der Waals surface area contributed by atoms with Crippen LogP contribution in [0.25, 0.3) is 22.4 Å². The van der Waals surface area contributed by atoms with E-state index in [-0.39, 0.29) is 11.8 Å². The highest BCUT2D eigenvalue weighted by molar-refractivity contribution is 7.93. The summed E-state index contributed by atoms with van der Waals surface area (Å²) in [6, 6.07) is 21.2. The Morgan fingerprint density at radius 2 is 1.44 bits per heavy atom. The van der Waals surface area contributed by atoms with Gasteiger partial charge in [0.2, 0.25) is 27.7 Å². The number of aromatic nitrogens is 3. The van der Waals surface area contributed by atoms with Crippen molar-refractivity contribution in [3.63, 3.8) is 0 Å². The Kier molecular flexibility index (Phi) is 5.92. The van der Waals surface area contributed by atoms with Crippen molar-refractivity contribution in [3.05, 3.63) is 114 Å². The third-order valence-electron chi connectivity index (χ3n) is 6.31. The number of benzene rings is 3. The van der Waals surface area contributed by atoms with E-state index < -0.39 is 38.3 Å². The number of sulfonamides is 1. The quantitative estimate of drug-likeness (QED) is 0.282. The predicted octanol–water partition coefficient (Wildman–Crippen LogP) is 5.70. The molecule has 1 aliphatic rings. The molecule has 11 heteroatoms. The molecule has 0 fully saturated rings. The number of nitrogens with one attached hydrogen (secondary N) is 1. The molecule has 0 saturated heterocycles. The van der Waals surface area contributed by atoms with E-state index in [1.54, 1.807) is 42.5 Å². The van der Waals surface area contributed by atoms with E-state index in [9.17, 15) is 8.42 Å². The van der Waals surface area contributed by atoms with Crippen molar-refractivity contribution in [2.24, 2.45) is 0 Å². The molecule has 3 N–H and O–H groups in total. The molecule has 5 aromatic rings. The lowest BCUT2D eigenvalue weighted by Gasteiger charge is -2.18. The average Bonchev–Trinajstić information content (AvgIpc) is 3.28. The first-order valence-electron chi connectivity index (χ1n) is 11.7. The zero-order valence-electron chi connectivity index (χ0n) is 20.0. The number of anilines is 2. The number of nitrogen functional groups attached to an aromatic ring is 1. The largest absolute Gasteiger partial charge is 0.435 e. The summed E-state index contributed by atoms with van der Waals surface area (Å²) < 4.78 is 65.3. The van der Waals surface area contributed by atoms with Gasteiger partial charge in [0.05, 0.1) is 16.9 Å². The molecule has 0 atom stereocenters. The number of hydrogen-bond acceptors (Lipinski definition) is 7. The molecule has 2 heterocycles. The monoisotopic (exact) mass is 543 g/mol. The minimum Gasteiger partial charge on any atom is -0.435 e. The Morgan fingerprint density at radius 1 is 0.769 bits per heavy atom. The van der Waals surface area contributed by atoms with Gasteiger partial charge < -0.3 is 10.5 Å². The molecule has 0 spiro atoms. The molecule has 2 aromatic heterocycles. The Labute approximate surface area is 222 Å². The molecule has 3 aromatic carbocycles. The van der Waals surface area contributed by atoms with E-state index in [4.69, 9.17) is 10.5 Å². The average molecular weight is 544 g/mol. The summed E-state index contributed by atoms with van der Waals surface area (Å²) in [5.74, 6) is -3.33. The topological polar surface area (TPSA) is 120 Å². The maximum absolute atomic E-state index is 15.2. The van der Waals surface area contributed by atoms with Crippen LogP contribution in [0.2, 0.25) is 0 Å². The summed E-state index contributed by atoms with van der Waals surface area (Å²) in [4.78, 5) is 12.1. The normalized spacial score (nSPS) is 12.6. The second-order valence-electron chi connectivity index (χ2n) is 8.70. The maximum Gasteiger partial charge on any atom is 0.244 e. The Hall–Kier alpha value is -4.90. The minimum absolute atomic E-state index is 0.0173. The van der Waals surface area contributed by atoms with Crippen LogP contribution in [0.3, 0.4) is 0 Å². The third kappa shape index (κ3) is 4.32. The van der Waals surface area contributed by atoms with Crippen LogP contribution in [-0.2, 0) is 10.0 Å². The van der Waals surface area contributed by atoms with Crippen molar-refractivity contribution in [2.45, 2.75) is 5.25 Å².